The molecule has 1 unspecified atom stereocenters. The van der Waals surface area contributed by atoms with Crippen LogP contribution in [0.5, 0.6) is 5.75 Å². The van der Waals surface area contributed by atoms with Gasteiger partial charge in [-0.1, -0.05) is 19.9 Å². The molecule has 0 bridgehead atoms. The largest absolute Gasteiger partial charge is 0.493 e. The van der Waals surface area contributed by atoms with E-state index < -0.39 is 6.04 Å². The molecule has 0 heterocycles. The van der Waals surface area contributed by atoms with Crippen molar-refractivity contribution in [3.63, 3.8) is 0 Å². The minimum absolute atomic E-state index is 0.439. The van der Waals surface area contributed by atoms with Crippen LogP contribution >= 0.6 is 0 Å². The summed E-state index contributed by atoms with van der Waals surface area (Å²) < 4.78 is 5.56. The fraction of sp³-hybridized carbons (Fsp3) is 0.500. The van der Waals surface area contributed by atoms with Gasteiger partial charge in [0.1, 0.15) is 5.75 Å². The second-order valence-electron chi connectivity index (χ2n) is 4.55. The molecule has 1 aromatic rings. The summed E-state index contributed by atoms with van der Waals surface area (Å²) >= 11 is 0. The summed E-state index contributed by atoms with van der Waals surface area (Å²) in [7, 11) is 0. The second-order valence-corrected chi connectivity index (χ2v) is 4.55. The van der Waals surface area contributed by atoms with Gasteiger partial charge in [-0.25, -0.2) is 0 Å². The maximum atomic E-state index is 8.54. The highest BCUT2D eigenvalue weighted by atomic mass is 16.5. The van der Waals surface area contributed by atoms with Crippen molar-refractivity contribution in [3.8, 4) is 11.8 Å². The van der Waals surface area contributed by atoms with E-state index in [-0.39, 0.29) is 0 Å². The first-order valence-electron chi connectivity index (χ1n) is 5.93. The van der Waals surface area contributed by atoms with Crippen LogP contribution in [0.1, 0.15) is 37.3 Å². The molecule has 1 atom stereocenters. The second kappa shape index (κ2) is 6.27. The smallest absolute Gasteiger partial charge is 0.119 e. The molecule has 0 saturated heterocycles. The highest BCUT2D eigenvalue weighted by molar-refractivity contribution is 5.36. The van der Waals surface area contributed by atoms with Crippen LogP contribution in [-0.4, -0.2) is 12.6 Å². The predicted molar refractivity (Wildman–Crippen MR) is 69.0 cm³/mol. The Labute approximate surface area is 103 Å². The zero-order valence-corrected chi connectivity index (χ0v) is 10.7. The summed E-state index contributed by atoms with van der Waals surface area (Å²) in [4.78, 5) is 0. The Hall–Kier alpha value is -1.53. The van der Waals surface area contributed by atoms with Gasteiger partial charge in [0, 0.05) is 6.42 Å². The van der Waals surface area contributed by atoms with Crippen LogP contribution in [0, 0.1) is 18.3 Å². The molecule has 0 saturated carbocycles. The normalized spacial score (nSPS) is 12.2. The molecular weight excluding hydrogens is 212 g/mol. The first kappa shape index (κ1) is 13.5. The minimum atomic E-state index is -0.439. The summed E-state index contributed by atoms with van der Waals surface area (Å²) in [6.45, 7) is 6.92. The number of rotatable bonds is 5. The molecule has 3 heteroatoms. The molecule has 17 heavy (non-hydrogen) atoms. The average Bonchev–Trinajstić information content (AvgIpc) is 2.28. The van der Waals surface area contributed by atoms with Gasteiger partial charge in [-0.15, -0.1) is 0 Å². The van der Waals surface area contributed by atoms with Gasteiger partial charge >= 0.3 is 0 Å². The maximum absolute atomic E-state index is 8.54. The summed E-state index contributed by atoms with van der Waals surface area (Å²) in [5.74, 6) is 1.37. The Morgan fingerprint density at radius 1 is 1.41 bits per heavy atom. The Balaban J connectivity index is 2.57. The van der Waals surface area contributed by atoms with Crippen molar-refractivity contribution in [3.05, 3.63) is 29.3 Å². The molecule has 3 nitrogen and oxygen atoms in total. The van der Waals surface area contributed by atoms with Crippen molar-refractivity contribution < 1.29 is 4.74 Å². The lowest BCUT2D eigenvalue weighted by molar-refractivity contribution is 0.306. The van der Waals surface area contributed by atoms with Crippen LogP contribution in [0.25, 0.3) is 0 Å². The topological polar surface area (TPSA) is 59.0 Å². The number of ether oxygens (including phenoxy) is 1. The van der Waals surface area contributed by atoms with Gasteiger partial charge in [-0.3, -0.25) is 0 Å². The van der Waals surface area contributed by atoms with Crippen LogP contribution < -0.4 is 10.5 Å². The summed E-state index contributed by atoms with van der Waals surface area (Å²) in [5, 5.41) is 8.54. The lowest BCUT2D eigenvalue weighted by Gasteiger charge is -2.12. The molecule has 0 fully saturated rings. The third kappa shape index (κ3) is 4.08. The summed E-state index contributed by atoms with van der Waals surface area (Å²) in [6, 6.07) is 7.65. The number of nitrogens with zero attached hydrogens (tertiary/aromatic N) is 1. The van der Waals surface area contributed by atoms with E-state index in [4.69, 9.17) is 15.7 Å². The van der Waals surface area contributed by atoms with Crippen molar-refractivity contribution >= 4 is 0 Å². The molecule has 0 aromatic heterocycles. The number of nitriles is 1. The Morgan fingerprint density at radius 3 is 2.65 bits per heavy atom. The number of nitrogens with two attached hydrogens (primary N) is 1. The molecule has 1 aromatic carbocycles. The summed E-state index contributed by atoms with van der Waals surface area (Å²) in [6.07, 6.45) is 0.557. The van der Waals surface area contributed by atoms with Gasteiger partial charge in [0.2, 0.25) is 0 Å². The molecule has 0 radical (unpaired) electrons. The lowest BCUT2D eigenvalue weighted by atomic mass is 9.98. The average molecular weight is 232 g/mol. The van der Waals surface area contributed by atoms with E-state index in [0.29, 0.717) is 18.9 Å². The van der Waals surface area contributed by atoms with Crippen molar-refractivity contribution in [1.82, 2.24) is 0 Å². The SMILES string of the molecule is Cc1cc(OCCC(N)C#N)ccc1C(C)C. The standard InChI is InChI=1S/C14H20N2O/c1-10(2)14-5-4-13(8-11(14)3)17-7-6-12(16)9-15/h4-5,8,10,12H,6-7,16H2,1-3H3. The molecule has 1 rings (SSSR count). The highest BCUT2D eigenvalue weighted by Gasteiger charge is 2.05. The molecule has 0 amide bonds. The number of benzene rings is 1. The molecule has 0 aliphatic carbocycles. The molecule has 0 spiro atoms. The quantitative estimate of drug-likeness (QED) is 0.849. The van der Waals surface area contributed by atoms with Crippen LogP contribution in [0.2, 0.25) is 0 Å². The van der Waals surface area contributed by atoms with E-state index in [9.17, 15) is 0 Å². The van der Waals surface area contributed by atoms with Crippen LogP contribution in [0.4, 0.5) is 0 Å². The number of hydrogen-bond acceptors (Lipinski definition) is 3. The van der Waals surface area contributed by atoms with Crippen LogP contribution in [-0.2, 0) is 0 Å². The third-order valence-corrected chi connectivity index (χ3v) is 2.73. The Bertz CT molecular complexity index is 407. The molecule has 92 valence electrons. The van der Waals surface area contributed by atoms with Gasteiger partial charge < -0.3 is 10.5 Å². The van der Waals surface area contributed by atoms with E-state index >= 15 is 0 Å². The van der Waals surface area contributed by atoms with Gasteiger partial charge in [0.15, 0.2) is 0 Å². The number of hydrogen-bond donors (Lipinski definition) is 1. The van der Waals surface area contributed by atoms with Gasteiger partial charge in [0.05, 0.1) is 18.7 Å². The first-order chi connectivity index (χ1) is 8.04. The third-order valence-electron chi connectivity index (χ3n) is 2.73. The Morgan fingerprint density at radius 2 is 2.12 bits per heavy atom. The molecular formula is C14H20N2O. The highest BCUT2D eigenvalue weighted by Crippen LogP contribution is 2.23. The lowest BCUT2D eigenvalue weighted by Crippen LogP contribution is -2.20. The molecule has 0 aliphatic heterocycles. The first-order valence-corrected chi connectivity index (χ1v) is 5.93. The van der Waals surface area contributed by atoms with E-state index in [1.165, 1.54) is 11.1 Å². The van der Waals surface area contributed by atoms with Gasteiger partial charge in [-0.2, -0.15) is 5.26 Å². The van der Waals surface area contributed by atoms with E-state index in [1.54, 1.807) is 0 Å². The van der Waals surface area contributed by atoms with Gasteiger partial charge in [0.25, 0.3) is 0 Å². The molecule has 0 aliphatic rings. The summed E-state index contributed by atoms with van der Waals surface area (Å²) in [5.41, 5.74) is 8.07. The van der Waals surface area contributed by atoms with E-state index in [0.717, 1.165) is 5.75 Å². The number of aryl methyl sites for hydroxylation is 1. The molecule has 2 N–H and O–H groups in total. The zero-order valence-electron chi connectivity index (χ0n) is 10.7. The fourth-order valence-electron chi connectivity index (χ4n) is 1.75. The van der Waals surface area contributed by atoms with Gasteiger partial charge in [-0.05, 0) is 36.1 Å². The predicted octanol–water partition coefficient (Wildman–Crippen LogP) is 2.74. The monoisotopic (exact) mass is 232 g/mol. The maximum Gasteiger partial charge on any atom is 0.119 e. The Kier molecular flexibility index (Phi) is 4.99. The fourth-order valence-corrected chi connectivity index (χ4v) is 1.75. The van der Waals surface area contributed by atoms with Crippen molar-refractivity contribution in [2.45, 2.75) is 39.2 Å². The zero-order chi connectivity index (χ0) is 12.8. The minimum Gasteiger partial charge on any atom is -0.493 e. The van der Waals surface area contributed by atoms with Crippen LogP contribution in [0.15, 0.2) is 18.2 Å². The van der Waals surface area contributed by atoms with E-state index in [1.807, 2.05) is 18.2 Å². The van der Waals surface area contributed by atoms with Crippen molar-refractivity contribution in [1.29, 1.82) is 5.26 Å². The van der Waals surface area contributed by atoms with Crippen molar-refractivity contribution in [2.75, 3.05) is 6.61 Å². The van der Waals surface area contributed by atoms with Crippen molar-refractivity contribution in [2.24, 2.45) is 5.73 Å². The van der Waals surface area contributed by atoms with E-state index in [2.05, 4.69) is 26.8 Å². The van der Waals surface area contributed by atoms with Crippen LogP contribution in [0.3, 0.4) is 0 Å².